The van der Waals surface area contributed by atoms with Crippen molar-refractivity contribution in [1.29, 1.82) is 0 Å². The van der Waals surface area contributed by atoms with Gasteiger partial charge in [0.25, 0.3) is 0 Å². The average Bonchev–Trinajstić information content (AvgIpc) is 2.80. The molecule has 2 aliphatic rings. The number of terminal acetylenes is 1. The first-order chi connectivity index (χ1) is 8.35. The Morgan fingerprint density at radius 1 is 1.18 bits per heavy atom. The van der Waals surface area contributed by atoms with E-state index in [-0.39, 0.29) is 0 Å². The van der Waals surface area contributed by atoms with Crippen LogP contribution in [0.1, 0.15) is 51.4 Å². The quantitative estimate of drug-likeness (QED) is 0.593. The molecule has 2 rings (SSSR count). The smallest absolute Gasteiger partial charge is 0.0545 e. The molecule has 0 amide bonds. The Balaban J connectivity index is 1.58. The summed E-state index contributed by atoms with van der Waals surface area (Å²) >= 11 is 1.86. The van der Waals surface area contributed by atoms with Crippen LogP contribution in [0.15, 0.2) is 0 Å². The van der Waals surface area contributed by atoms with Crippen LogP contribution in [0.4, 0.5) is 0 Å². The van der Waals surface area contributed by atoms with E-state index in [0.29, 0.717) is 0 Å². The fourth-order valence-electron chi connectivity index (χ4n) is 3.53. The average molecular weight is 251 g/mol. The van der Waals surface area contributed by atoms with Crippen molar-refractivity contribution in [3.8, 4) is 12.3 Å². The van der Waals surface area contributed by atoms with Gasteiger partial charge in [-0.05, 0) is 43.9 Å². The summed E-state index contributed by atoms with van der Waals surface area (Å²) in [6.07, 6.45) is 17.0. The van der Waals surface area contributed by atoms with Gasteiger partial charge in [-0.15, -0.1) is 18.2 Å². The zero-order valence-corrected chi connectivity index (χ0v) is 11.7. The third kappa shape index (κ3) is 3.93. The van der Waals surface area contributed by atoms with Gasteiger partial charge in [0, 0.05) is 18.3 Å². The SMILES string of the molecule is C#CCSCCNC1CCC2(CCCC2)CC1. The van der Waals surface area contributed by atoms with Crippen molar-refractivity contribution in [2.45, 2.75) is 57.4 Å². The second-order valence-electron chi connectivity index (χ2n) is 5.69. The maximum Gasteiger partial charge on any atom is 0.0545 e. The lowest BCUT2D eigenvalue weighted by Gasteiger charge is -2.37. The van der Waals surface area contributed by atoms with Crippen LogP contribution in [0.3, 0.4) is 0 Å². The minimum absolute atomic E-state index is 0.774. The molecular formula is C15H25NS. The van der Waals surface area contributed by atoms with Gasteiger partial charge in [-0.3, -0.25) is 0 Å². The highest BCUT2D eigenvalue weighted by atomic mass is 32.2. The highest BCUT2D eigenvalue weighted by molar-refractivity contribution is 7.99. The highest BCUT2D eigenvalue weighted by Gasteiger charge is 2.37. The molecule has 17 heavy (non-hydrogen) atoms. The Labute approximate surface area is 111 Å². The first kappa shape index (κ1) is 13.3. The van der Waals surface area contributed by atoms with E-state index in [1.54, 1.807) is 0 Å². The number of hydrogen-bond acceptors (Lipinski definition) is 2. The van der Waals surface area contributed by atoms with Crippen molar-refractivity contribution in [2.24, 2.45) is 5.41 Å². The molecule has 0 unspecified atom stereocenters. The standard InChI is InChI=1S/C15H25NS/c1-2-12-17-13-11-16-14-5-9-15(10-6-14)7-3-4-8-15/h1,14,16H,3-13H2. The largest absolute Gasteiger partial charge is 0.313 e. The van der Waals surface area contributed by atoms with Crippen LogP contribution in [-0.4, -0.2) is 24.1 Å². The molecule has 2 aliphatic carbocycles. The second kappa shape index (κ2) is 6.71. The summed E-state index contributed by atoms with van der Waals surface area (Å²) in [4.78, 5) is 0. The van der Waals surface area contributed by atoms with E-state index in [9.17, 15) is 0 Å². The lowest BCUT2D eigenvalue weighted by atomic mass is 9.71. The van der Waals surface area contributed by atoms with E-state index >= 15 is 0 Å². The molecule has 96 valence electrons. The van der Waals surface area contributed by atoms with Gasteiger partial charge in [-0.1, -0.05) is 18.8 Å². The summed E-state index contributed by atoms with van der Waals surface area (Å²) in [5.41, 5.74) is 0.774. The Bertz CT molecular complexity index is 253. The molecule has 0 aliphatic heterocycles. The molecular weight excluding hydrogens is 226 g/mol. The summed E-state index contributed by atoms with van der Waals surface area (Å²) in [6, 6.07) is 0.785. The monoisotopic (exact) mass is 251 g/mol. The van der Waals surface area contributed by atoms with E-state index in [0.717, 1.165) is 29.5 Å². The fourth-order valence-corrected chi connectivity index (χ4v) is 4.05. The van der Waals surface area contributed by atoms with Crippen molar-refractivity contribution in [3.63, 3.8) is 0 Å². The van der Waals surface area contributed by atoms with E-state index in [2.05, 4.69) is 11.2 Å². The fraction of sp³-hybridized carbons (Fsp3) is 0.867. The molecule has 0 aromatic rings. The van der Waals surface area contributed by atoms with E-state index in [1.165, 1.54) is 51.4 Å². The first-order valence-corrected chi connectivity index (χ1v) is 8.25. The minimum Gasteiger partial charge on any atom is -0.313 e. The molecule has 0 atom stereocenters. The number of nitrogens with one attached hydrogen (secondary N) is 1. The summed E-state index contributed by atoms with van der Waals surface area (Å²) in [5, 5.41) is 3.70. The summed E-state index contributed by atoms with van der Waals surface area (Å²) < 4.78 is 0. The van der Waals surface area contributed by atoms with Gasteiger partial charge in [-0.25, -0.2) is 0 Å². The van der Waals surface area contributed by atoms with Gasteiger partial charge in [0.1, 0.15) is 0 Å². The van der Waals surface area contributed by atoms with Crippen LogP contribution in [0.5, 0.6) is 0 Å². The van der Waals surface area contributed by atoms with Crippen molar-refractivity contribution < 1.29 is 0 Å². The van der Waals surface area contributed by atoms with E-state index in [4.69, 9.17) is 6.42 Å². The van der Waals surface area contributed by atoms with Gasteiger partial charge in [0.2, 0.25) is 0 Å². The molecule has 2 saturated carbocycles. The Morgan fingerprint density at radius 3 is 2.53 bits per heavy atom. The molecule has 2 fully saturated rings. The van der Waals surface area contributed by atoms with Gasteiger partial charge in [0.15, 0.2) is 0 Å². The van der Waals surface area contributed by atoms with Gasteiger partial charge >= 0.3 is 0 Å². The number of hydrogen-bond donors (Lipinski definition) is 1. The third-order valence-electron chi connectivity index (χ3n) is 4.58. The molecule has 1 nitrogen and oxygen atoms in total. The summed E-state index contributed by atoms with van der Waals surface area (Å²) in [7, 11) is 0. The molecule has 0 radical (unpaired) electrons. The maximum absolute atomic E-state index is 5.23. The molecule has 0 saturated heterocycles. The predicted octanol–water partition coefficient (Wildman–Crippen LogP) is 3.45. The highest BCUT2D eigenvalue weighted by Crippen LogP contribution is 2.48. The zero-order valence-electron chi connectivity index (χ0n) is 10.8. The normalized spacial score (nSPS) is 23.9. The summed E-state index contributed by atoms with van der Waals surface area (Å²) in [5.74, 6) is 4.69. The van der Waals surface area contributed by atoms with Crippen molar-refractivity contribution in [2.75, 3.05) is 18.1 Å². The van der Waals surface area contributed by atoms with Crippen LogP contribution in [0.2, 0.25) is 0 Å². The molecule has 0 heterocycles. The third-order valence-corrected chi connectivity index (χ3v) is 5.44. The van der Waals surface area contributed by atoms with Gasteiger partial charge < -0.3 is 5.32 Å². The predicted molar refractivity (Wildman–Crippen MR) is 77.3 cm³/mol. The van der Waals surface area contributed by atoms with Crippen LogP contribution in [-0.2, 0) is 0 Å². The molecule has 2 heteroatoms. The summed E-state index contributed by atoms with van der Waals surface area (Å²) in [6.45, 7) is 1.13. The van der Waals surface area contributed by atoms with Crippen LogP contribution in [0.25, 0.3) is 0 Å². The van der Waals surface area contributed by atoms with Gasteiger partial charge in [-0.2, -0.15) is 0 Å². The zero-order chi connectivity index (χ0) is 12.0. The van der Waals surface area contributed by atoms with Crippen LogP contribution < -0.4 is 5.32 Å². The number of rotatable bonds is 5. The van der Waals surface area contributed by atoms with Gasteiger partial charge in [0.05, 0.1) is 5.75 Å². The van der Waals surface area contributed by atoms with Crippen LogP contribution >= 0.6 is 11.8 Å². The molecule has 0 aromatic heterocycles. The molecule has 0 aromatic carbocycles. The molecule has 0 bridgehead atoms. The topological polar surface area (TPSA) is 12.0 Å². The maximum atomic E-state index is 5.23. The van der Waals surface area contributed by atoms with Crippen LogP contribution in [0, 0.1) is 17.8 Å². The van der Waals surface area contributed by atoms with E-state index < -0.39 is 0 Å². The lowest BCUT2D eigenvalue weighted by molar-refractivity contribution is 0.170. The number of thioether (sulfide) groups is 1. The minimum atomic E-state index is 0.774. The Hall–Kier alpha value is -0.130. The van der Waals surface area contributed by atoms with Crippen molar-refractivity contribution in [1.82, 2.24) is 5.32 Å². The lowest BCUT2D eigenvalue weighted by Crippen LogP contribution is -2.37. The van der Waals surface area contributed by atoms with Crippen molar-refractivity contribution in [3.05, 3.63) is 0 Å². The Morgan fingerprint density at radius 2 is 1.88 bits per heavy atom. The second-order valence-corrected chi connectivity index (χ2v) is 6.80. The molecule has 1 N–H and O–H groups in total. The first-order valence-electron chi connectivity index (χ1n) is 7.09. The molecule has 1 spiro atoms. The van der Waals surface area contributed by atoms with E-state index in [1.807, 2.05) is 11.8 Å². The Kier molecular flexibility index (Phi) is 5.25. The van der Waals surface area contributed by atoms with Crippen molar-refractivity contribution >= 4 is 11.8 Å².